The van der Waals surface area contributed by atoms with Crippen molar-refractivity contribution in [3.8, 4) is 69.0 Å². The van der Waals surface area contributed by atoms with E-state index in [1.807, 2.05) is 68.0 Å². The molecule has 428 valence electrons. The van der Waals surface area contributed by atoms with Gasteiger partial charge in [0, 0.05) is 69.0 Å². The minimum atomic E-state index is -0.117. The molecule has 84 heavy (non-hydrogen) atoms. The fraction of sp³-hybridized carbons (Fsp3) is 0.293. The second-order valence-electron chi connectivity index (χ2n) is 24.7. The minimum absolute atomic E-state index is 0.0698. The molecule has 9 heteroatoms. The second kappa shape index (κ2) is 24.8. The summed E-state index contributed by atoms with van der Waals surface area (Å²) in [6.45, 7) is 23.2. The molecule has 8 aromatic heterocycles. The Hall–Kier alpha value is -5.33. The van der Waals surface area contributed by atoms with Gasteiger partial charge in [0.1, 0.15) is 0 Å². The summed E-state index contributed by atoms with van der Waals surface area (Å²) in [7, 11) is 0. The van der Waals surface area contributed by atoms with Gasteiger partial charge in [-0.3, -0.25) is 4.79 Å². The lowest BCUT2D eigenvalue weighted by Crippen LogP contribution is -2.11. The molecule has 4 bridgehead atoms. The number of aryl methyl sites for hydroxylation is 2. The summed E-state index contributed by atoms with van der Waals surface area (Å²) in [5.74, 6) is 0.0698. The van der Waals surface area contributed by atoms with Gasteiger partial charge in [-0.2, -0.15) is 0 Å². The lowest BCUT2D eigenvalue weighted by molar-refractivity contribution is 0.104. The number of benzene rings is 3. The quantitative estimate of drug-likeness (QED) is 0.0582. The van der Waals surface area contributed by atoms with Crippen molar-refractivity contribution in [2.45, 2.75) is 144 Å². The average molecular weight is 1250 g/mol. The standard InChI is InChI=1S/C75H74OS8/c1-11-13-15-17-21-52-53(22-18-16-14-12-2)73(84-72(52)69-35-32-63(82-69)61-24-20-38-78-61)70-36-33-67(83-70)66-31-34-68(81-66)71(76)47-25-26-51-55-43-50(75(8,9)10)44-56(46(55)4)58(41-48-39-49(74(5,6)7)42-54(45(48)3)57(51)40-47)59-27-28-64(79-59)65-30-29-62(80-65)60-23-19-37-77-60/h19-20,23-44H,11-18,21-22H2,1-10H3. The van der Waals surface area contributed by atoms with Gasteiger partial charge in [-0.15, -0.1) is 90.7 Å². The van der Waals surface area contributed by atoms with E-state index in [2.05, 4.69) is 213 Å². The topological polar surface area (TPSA) is 17.1 Å². The minimum Gasteiger partial charge on any atom is -0.288 e. The lowest BCUT2D eigenvalue weighted by Gasteiger charge is -2.23. The number of rotatable bonds is 19. The molecule has 0 saturated heterocycles. The molecule has 12 rings (SSSR count). The van der Waals surface area contributed by atoms with E-state index in [-0.39, 0.29) is 16.6 Å². The van der Waals surface area contributed by atoms with Gasteiger partial charge in [-0.25, -0.2) is 0 Å². The molecule has 12 aromatic rings. The molecule has 8 heterocycles. The van der Waals surface area contributed by atoms with Crippen molar-refractivity contribution < 1.29 is 4.79 Å². The molecular weight excluding hydrogens is 1170 g/mol. The van der Waals surface area contributed by atoms with Crippen molar-refractivity contribution in [2.24, 2.45) is 0 Å². The number of fused-ring (bicyclic) bond motifs is 7. The molecule has 1 nitrogen and oxygen atoms in total. The number of carbonyl (C=O) groups excluding carboxylic acids is 1. The number of unbranched alkanes of at least 4 members (excludes halogenated alkanes) is 6. The summed E-state index contributed by atoms with van der Waals surface area (Å²) in [5, 5.41) is 11.5. The molecule has 0 fully saturated rings. The van der Waals surface area contributed by atoms with Gasteiger partial charge in [0.15, 0.2) is 0 Å². The molecule has 0 aliphatic carbocycles. The summed E-state index contributed by atoms with van der Waals surface area (Å²) in [6, 6.07) is 50.5. The molecule has 4 aromatic carbocycles. The van der Waals surface area contributed by atoms with Gasteiger partial charge in [-0.1, -0.05) is 142 Å². The zero-order valence-electron chi connectivity index (χ0n) is 50.1. The predicted molar refractivity (Wildman–Crippen MR) is 381 cm³/mol. The highest BCUT2D eigenvalue weighted by atomic mass is 32.1. The highest BCUT2D eigenvalue weighted by Gasteiger charge is 2.26. The Morgan fingerprint density at radius 2 is 0.857 bits per heavy atom. The van der Waals surface area contributed by atoms with Crippen LogP contribution in [-0.2, 0) is 23.7 Å². The molecule has 0 aliphatic rings. The first kappa shape index (κ1) is 59.0. The van der Waals surface area contributed by atoms with E-state index in [4.69, 9.17) is 0 Å². The van der Waals surface area contributed by atoms with Crippen molar-refractivity contribution >= 4 is 129 Å². The molecular formula is C75H74OS8. The molecule has 0 unspecified atom stereocenters. The normalized spacial score (nSPS) is 12.2. The number of ketones is 1. The highest BCUT2D eigenvalue weighted by Crippen LogP contribution is 2.51. The van der Waals surface area contributed by atoms with Crippen LogP contribution in [0, 0.1) is 13.8 Å². The lowest BCUT2D eigenvalue weighted by atomic mass is 9.81. The Bertz CT molecular complexity index is 4350. The van der Waals surface area contributed by atoms with Crippen LogP contribution < -0.4 is 0 Å². The number of thiophene rings is 8. The maximum absolute atomic E-state index is 15.2. The van der Waals surface area contributed by atoms with Crippen LogP contribution >= 0.6 is 90.7 Å². The zero-order valence-corrected chi connectivity index (χ0v) is 56.6. The molecule has 0 amide bonds. The number of carbonyl (C=O) groups is 1. The SMILES string of the molecule is CCCCCCc1c(-c2ccc(-c3cccs3)s2)sc(-c2ccc(-c3ccc(C(=O)c4ccc5c6cc(C(C)(C)C)cc(c(-c7ccc(-c8ccc(-c9cccs9)s8)s7)cc7cc(C(C)(C)C)cc(c7C)c5c4)c6C)s3)s2)c1CCCCCC. The van der Waals surface area contributed by atoms with Crippen LogP contribution in [0.5, 0.6) is 0 Å². The molecule has 0 aliphatic heterocycles. The van der Waals surface area contributed by atoms with Crippen molar-refractivity contribution in [1.29, 1.82) is 0 Å². The second-order valence-corrected chi connectivity index (χ2v) is 33.0. The Balaban J connectivity index is 0.945. The maximum Gasteiger partial charge on any atom is 0.202 e. The maximum atomic E-state index is 15.2. The van der Waals surface area contributed by atoms with Crippen LogP contribution in [0.4, 0.5) is 0 Å². The van der Waals surface area contributed by atoms with Crippen molar-refractivity contribution in [1.82, 2.24) is 0 Å². The van der Waals surface area contributed by atoms with E-state index in [0.717, 1.165) is 38.9 Å². The molecule has 0 radical (unpaired) electrons. The molecule has 0 saturated carbocycles. The predicted octanol–water partition coefficient (Wildman–Crippen LogP) is 26.6. The zero-order chi connectivity index (χ0) is 58.4. The van der Waals surface area contributed by atoms with E-state index in [9.17, 15) is 0 Å². The van der Waals surface area contributed by atoms with Crippen molar-refractivity contribution in [3.63, 3.8) is 0 Å². The van der Waals surface area contributed by atoms with Crippen LogP contribution in [0.15, 0.2) is 144 Å². The number of hydrogen-bond donors (Lipinski definition) is 0. The van der Waals surface area contributed by atoms with Gasteiger partial charge in [0.2, 0.25) is 5.78 Å². The third-order valence-electron chi connectivity index (χ3n) is 16.7. The van der Waals surface area contributed by atoms with Crippen LogP contribution in [0.25, 0.3) is 101 Å². The summed E-state index contributed by atoms with van der Waals surface area (Å²) < 4.78 is 0. The summed E-state index contributed by atoms with van der Waals surface area (Å²) in [6.07, 6.45) is 12.3. The van der Waals surface area contributed by atoms with E-state index in [1.165, 1.54) is 159 Å². The van der Waals surface area contributed by atoms with E-state index in [1.54, 1.807) is 33.8 Å². The number of hydrogen-bond acceptors (Lipinski definition) is 9. The average Bonchev–Trinajstić information content (AvgIpc) is 1.41. The molecule has 0 atom stereocenters. The fourth-order valence-electron chi connectivity index (χ4n) is 11.7. The van der Waals surface area contributed by atoms with Crippen LogP contribution in [0.1, 0.15) is 155 Å². The van der Waals surface area contributed by atoms with Gasteiger partial charge in [0.05, 0.1) is 4.88 Å². The van der Waals surface area contributed by atoms with E-state index < -0.39 is 0 Å². The Labute approximate surface area is 530 Å². The largest absolute Gasteiger partial charge is 0.288 e. The van der Waals surface area contributed by atoms with Crippen LogP contribution in [0.2, 0.25) is 0 Å². The smallest absolute Gasteiger partial charge is 0.202 e. The third-order valence-corrected chi connectivity index (χ3v) is 26.3. The van der Waals surface area contributed by atoms with Gasteiger partial charge in [-0.05, 0) is 217 Å². The first-order chi connectivity index (χ1) is 40.5. The molecule has 0 spiro atoms. The Kier molecular flexibility index (Phi) is 17.4. The van der Waals surface area contributed by atoms with Crippen LogP contribution in [0.3, 0.4) is 0 Å². The van der Waals surface area contributed by atoms with Crippen molar-refractivity contribution in [2.75, 3.05) is 0 Å². The first-order valence-corrected chi connectivity index (χ1v) is 36.7. The Morgan fingerprint density at radius 3 is 1.39 bits per heavy atom. The first-order valence-electron chi connectivity index (χ1n) is 30.0. The van der Waals surface area contributed by atoms with Gasteiger partial charge < -0.3 is 0 Å². The van der Waals surface area contributed by atoms with Gasteiger partial charge in [0.25, 0.3) is 0 Å². The van der Waals surface area contributed by atoms with E-state index >= 15 is 4.79 Å². The Morgan fingerprint density at radius 1 is 0.393 bits per heavy atom. The third kappa shape index (κ3) is 12.1. The van der Waals surface area contributed by atoms with Gasteiger partial charge >= 0.3 is 0 Å². The molecule has 0 N–H and O–H groups in total. The summed E-state index contributed by atoms with van der Waals surface area (Å²) in [4.78, 5) is 33.2. The van der Waals surface area contributed by atoms with Crippen molar-refractivity contribution in [3.05, 3.63) is 188 Å². The highest BCUT2D eigenvalue weighted by molar-refractivity contribution is 7.30. The van der Waals surface area contributed by atoms with E-state index in [0.29, 0.717) is 0 Å². The summed E-state index contributed by atoms with van der Waals surface area (Å²) >= 11 is 14.9. The van der Waals surface area contributed by atoms with Crippen LogP contribution in [-0.4, -0.2) is 5.78 Å². The monoisotopic (exact) mass is 1250 g/mol. The fourth-order valence-corrected chi connectivity index (χ4v) is 20.3. The summed E-state index contributed by atoms with van der Waals surface area (Å²) in [5.41, 5.74) is 9.94.